The molecule has 0 saturated carbocycles. The Kier molecular flexibility index (Phi) is 7.85. The Morgan fingerprint density at radius 1 is 1.21 bits per heavy atom. The first-order valence-electron chi connectivity index (χ1n) is 8.78. The Labute approximate surface area is 169 Å². The van der Waals surface area contributed by atoms with Crippen LogP contribution in [0.2, 0.25) is 0 Å². The first-order chi connectivity index (χ1) is 13.2. The van der Waals surface area contributed by atoms with Crippen molar-refractivity contribution in [3.63, 3.8) is 0 Å². The first kappa shape index (κ1) is 22.2. The molecule has 1 heterocycles. The number of rotatable bonds is 9. The molecule has 0 aliphatic carbocycles. The summed E-state index contributed by atoms with van der Waals surface area (Å²) in [6.45, 7) is 3.61. The number of amides is 1. The number of hydrogen-bond acceptors (Lipinski definition) is 5. The maximum Gasteiger partial charge on any atom is 0.253 e. The number of pyridine rings is 1. The predicted octanol–water partition coefficient (Wildman–Crippen LogP) is 1.71. The lowest BCUT2D eigenvalue weighted by molar-refractivity contribution is -0.122. The van der Waals surface area contributed by atoms with E-state index in [1.807, 2.05) is 12.3 Å². The highest BCUT2D eigenvalue weighted by molar-refractivity contribution is 7.98. The van der Waals surface area contributed by atoms with E-state index >= 15 is 0 Å². The van der Waals surface area contributed by atoms with Crippen molar-refractivity contribution in [3.05, 3.63) is 63.6 Å². The van der Waals surface area contributed by atoms with E-state index in [1.165, 1.54) is 23.9 Å². The third kappa shape index (κ3) is 5.95. The number of nitrogens with one attached hydrogen (secondary N) is 3. The van der Waals surface area contributed by atoms with Crippen LogP contribution in [0.25, 0.3) is 0 Å². The van der Waals surface area contributed by atoms with Gasteiger partial charge in [-0.15, -0.1) is 0 Å². The Morgan fingerprint density at radius 3 is 2.50 bits per heavy atom. The van der Waals surface area contributed by atoms with Crippen LogP contribution in [0.15, 0.2) is 46.1 Å². The number of aromatic amines is 1. The van der Waals surface area contributed by atoms with Crippen LogP contribution in [0.5, 0.6) is 0 Å². The normalized spacial score (nSPS) is 12.5. The van der Waals surface area contributed by atoms with Crippen LogP contribution >= 0.6 is 11.8 Å². The smallest absolute Gasteiger partial charge is 0.253 e. The average Bonchev–Trinajstić information content (AvgIpc) is 2.64. The van der Waals surface area contributed by atoms with Crippen molar-refractivity contribution in [1.29, 1.82) is 0 Å². The zero-order chi connectivity index (χ0) is 20.7. The number of carbonyl (C=O) groups is 1. The SMILES string of the molecule is CSCCC(NS(=O)(=O)c1ccccc1)C(=O)NCc1c(C)cc(C)[nH]c1=O. The van der Waals surface area contributed by atoms with Crippen molar-refractivity contribution in [2.45, 2.75) is 37.8 Å². The summed E-state index contributed by atoms with van der Waals surface area (Å²) in [7, 11) is -3.83. The van der Waals surface area contributed by atoms with Crippen molar-refractivity contribution >= 4 is 27.7 Å². The largest absolute Gasteiger partial charge is 0.350 e. The fourth-order valence-corrected chi connectivity index (χ4v) is 4.46. The third-order valence-electron chi connectivity index (χ3n) is 4.21. The molecule has 1 aromatic heterocycles. The summed E-state index contributed by atoms with van der Waals surface area (Å²) in [6.07, 6.45) is 2.22. The lowest BCUT2D eigenvalue weighted by Crippen LogP contribution is -2.47. The van der Waals surface area contributed by atoms with Crippen molar-refractivity contribution in [2.75, 3.05) is 12.0 Å². The summed E-state index contributed by atoms with van der Waals surface area (Å²) in [4.78, 5) is 27.6. The third-order valence-corrected chi connectivity index (χ3v) is 6.34. The van der Waals surface area contributed by atoms with Gasteiger partial charge in [-0.1, -0.05) is 18.2 Å². The summed E-state index contributed by atoms with van der Waals surface area (Å²) in [5, 5.41) is 2.69. The van der Waals surface area contributed by atoms with Gasteiger partial charge in [0.2, 0.25) is 15.9 Å². The number of thioether (sulfide) groups is 1. The minimum atomic E-state index is -3.83. The molecule has 0 bridgehead atoms. The van der Waals surface area contributed by atoms with Crippen molar-refractivity contribution in [2.24, 2.45) is 0 Å². The Bertz CT molecular complexity index is 972. The molecule has 1 atom stereocenters. The van der Waals surface area contributed by atoms with Crippen LogP contribution in [-0.4, -0.2) is 37.4 Å². The van der Waals surface area contributed by atoms with E-state index in [0.717, 1.165) is 11.3 Å². The molecule has 1 aromatic carbocycles. The zero-order valence-corrected chi connectivity index (χ0v) is 17.7. The molecule has 3 N–H and O–H groups in total. The van der Waals surface area contributed by atoms with Crippen LogP contribution in [0.4, 0.5) is 0 Å². The standard InChI is InChI=1S/C19H25N3O4S2/c1-13-11-14(2)21-18(23)16(13)12-20-19(24)17(9-10-27-3)22-28(25,26)15-7-5-4-6-8-15/h4-8,11,17,22H,9-10,12H2,1-3H3,(H,20,24)(H,21,23). The minimum Gasteiger partial charge on any atom is -0.350 e. The Balaban J connectivity index is 2.14. The van der Waals surface area contributed by atoms with Crippen LogP contribution < -0.4 is 15.6 Å². The summed E-state index contributed by atoms with van der Waals surface area (Å²) >= 11 is 1.52. The molecule has 28 heavy (non-hydrogen) atoms. The summed E-state index contributed by atoms with van der Waals surface area (Å²) in [5.41, 5.74) is 1.70. The molecule has 0 spiro atoms. The second-order valence-corrected chi connectivity index (χ2v) is 9.13. The Hall–Kier alpha value is -2.10. The average molecular weight is 424 g/mol. The van der Waals surface area contributed by atoms with Gasteiger partial charge in [0.25, 0.3) is 5.56 Å². The topological polar surface area (TPSA) is 108 Å². The highest BCUT2D eigenvalue weighted by Gasteiger charge is 2.25. The van der Waals surface area contributed by atoms with E-state index in [2.05, 4.69) is 15.0 Å². The van der Waals surface area contributed by atoms with E-state index in [4.69, 9.17) is 0 Å². The number of hydrogen-bond donors (Lipinski definition) is 3. The molecule has 7 nitrogen and oxygen atoms in total. The van der Waals surface area contributed by atoms with E-state index in [1.54, 1.807) is 32.0 Å². The monoisotopic (exact) mass is 423 g/mol. The van der Waals surface area contributed by atoms with Gasteiger partial charge in [-0.05, 0) is 56.0 Å². The molecule has 1 unspecified atom stereocenters. The molecular weight excluding hydrogens is 398 g/mol. The molecule has 9 heteroatoms. The van der Waals surface area contributed by atoms with Crippen LogP contribution in [0, 0.1) is 13.8 Å². The van der Waals surface area contributed by atoms with Gasteiger partial charge in [0, 0.05) is 17.8 Å². The molecule has 2 rings (SSSR count). The zero-order valence-electron chi connectivity index (χ0n) is 16.1. The number of H-pyrrole nitrogens is 1. The second-order valence-electron chi connectivity index (χ2n) is 6.43. The number of sulfonamides is 1. The number of aromatic nitrogens is 1. The molecule has 2 aromatic rings. The lowest BCUT2D eigenvalue weighted by atomic mass is 10.1. The number of aryl methyl sites for hydroxylation is 2. The lowest BCUT2D eigenvalue weighted by Gasteiger charge is -2.18. The summed E-state index contributed by atoms with van der Waals surface area (Å²) in [6, 6.07) is 8.81. The maximum atomic E-state index is 12.7. The molecule has 0 fully saturated rings. The molecule has 0 aliphatic heterocycles. The van der Waals surface area contributed by atoms with Crippen molar-refractivity contribution in [1.82, 2.24) is 15.0 Å². The fraction of sp³-hybridized carbons (Fsp3) is 0.368. The summed E-state index contributed by atoms with van der Waals surface area (Å²) < 4.78 is 27.6. The minimum absolute atomic E-state index is 0.0309. The van der Waals surface area contributed by atoms with Gasteiger partial charge in [-0.2, -0.15) is 16.5 Å². The maximum absolute atomic E-state index is 12.7. The molecule has 0 aliphatic rings. The van der Waals surface area contributed by atoms with E-state index < -0.39 is 22.0 Å². The van der Waals surface area contributed by atoms with Gasteiger partial charge in [0.05, 0.1) is 4.90 Å². The van der Waals surface area contributed by atoms with E-state index in [0.29, 0.717) is 17.7 Å². The van der Waals surface area contributed by atoms with E-state index in [9.17, 15) is 18.0 Å². The van der Waals surface area contributed by atoms with Gasteiger partial charge < -0.3 is 10.3 Å². The molecule has 0 radical (unpaired) electrons. The highest BCUT2D eigenvalue weighted by Crippen LogP contribution is 2.11. The quantitative estimate of drug-likeness (QED) is 0.569. The van der Waals surface area contributed by atoms with Crippen LogP contribution in [-0.2, 0) is 21.4 Å². The predicted molar refractivity (Wildman–Crippen MR) is 112 cm³/mol. The molecular formula is C19H25N3O4S2. The number of carbonyl (C=O) groups excluding carboxylic acids is 1. The molecule has 1 amide bonds. The Morgan fingerprint density at radius 2 is 1.89 bits per heavy atom. The molecule has 152 valence electrons. The second kappa shape index (κ2) is 9.90. The summed E-state index contributed by atoms with van der Waals surface area (Å²) in [5.74, 6) is 0.146. The van der Waals surface area contributed by atoms with Crippen LogP contribution in [0.3, 0.4) is 0 Å². The van der Waals surface area contributed by atoms with E-state index in [-0.39, 0.29) is 17.0 Å². The van der Waals surface area contributed by atoms with Crippen molar-refractivity contribution < 1.29 is 13.2 Å². The van der Waals surface area contributed by atoms with Gasteiger partial charge in [-0.25, -0.2) is 8.42 Å². The van der Waals surface area contributed by atoms with Gasteiger partial charge in [0.1, 0.15) is 6.04 Å². The van der Waals surface area contributed by atoms with Gasteiger partial charge >= 0.3 is 0 Å². The van der Waals surface area contributed by atoms with Crippen molar-refractivity contribution in [3.8, 4) is 0 Å². The molecule has 0 saturated heterocycles. The first-order valence-corrected chi connectivity index (χ1v) is 11.7. The fourth-order valence-electron chi connectivity index (χ4n) is 2.73. The van der Waals surface area contributed by atoms with Gasteiger partial charge in [-0.3, -0.25) is 9.59 Å². The van der Waals surface area contributed by atoms with Gasteiger partial charge in [0.15, 0.2) is 0 Å². The number of benzene rings is 1. The van der Waals surface area contributed by atoms with Crippen LogP contribution in [0.1, 0.15) is 23.2 Å². The highest BCUT2D eigenvalue weighted by atomic mass is 32.2.